The molecule has 1 saturated carbocycles. The van der Waals surface area contributed by atoms with Gasteiger partial charge in [-0.15, -0.1) is 0 Å². The standard InChI is InChI=1S/C30H32F3N5O3/c1-18(2)15-29(3)16-23(17-29)41-28(39)37-26-14-22(11-12-34-26)40-21-9-10-25-24(13-21)36-27(38(25)4)35-20-7-5-19(6-8-20)30(31,32)33/h5-14,18,23H,15-17H2,1-4H3,(H,35,36)(H,34,37,39). The van der Waals surface area contributed by atoms with Crippen LogP contribution in [0.25, 0.3) is 11.0 Å². The summed E-state index contributed by atoms with van der Waals surface area (Å²) in [5, 5.41) is 5.72. The number of aromatic nitrogens is 3. The molecule has 1 amide bonds. The number of ether oxygens (including phenoxy) is 2. The smallest absolute Gasteiger partial charge is 0.416 e. The Hall–Kier alpha value is -4.28. The third-order valence-electron chi connectivity index (χ3n) is 7.13. The van der Waals surface area contributed by atoms with E-state index in [2.05, 4.69) is 41.4 Å². The molecule has 216 valence electrons. The second-order valence-electron chi connectivity index (χ2n) is 11.3. The Kier molecular flexibility index (Phi) is 7.54. The Labute approximate surface area is 235 Å². The van der Waals surface area contributed by atoms with Crippen molar-refractivity contribution >= 4 is 34.6 Å². The van der Waals surface area contributed by atoms with Crippen molar-refractivity contribution in [3.8, 4) is 11.5 Å². The number of alkyl halides is 3. The van der Waals surface area contributed by atoms with Crippen LogP contribution in [0.15, 0.2) is 60.8 Å². The fourth-order valence-electron chi connectivity index (χ4n) is 5.47. The predicted octanol–water partition coefficient (Wildman–Crippen LogP) is 8.29. The lowest BCUT2D eigenvalue weighted by Crippen LogP contribution is -2.42. The molecular formula is C30H32F3N5O3. The van der Waals surface area contributed by atoms with Crippen LogP contribution in [-0.2, 0) is 18.0 Å². The van der Waals surface area contributed by atoms with Crippen molar-refractivity contribution in [2.75, 3.05) is 10.6 Å². The predicted molar refractivity (Wildman–Crippen MR) is 150 cm³/mol. The van der Waals surface area contributed by atoms with Gasteiger partial charge in [0.1, 0.15) is 23.4 Å². The van der Waals surface area contributed by atoms with Crippen LogP contribution in [0.5, 0.6) is 11.5 Å². The van der Waals surface area contributed by atoms with E-state index in [9.17, 15) is 18.0 Å². The summed E-state index contributed by atoms with van der Waals surface area (Å²) in [6.45, 7) is 6.62. The van der Waals surface area contributed by atoms with Crippen molar-refractivity contribution in [2.24, 2.45) is 18.4 Å². The molecule has 2 aromatic heterocycles. The van der Waals surface area contributed by atoms with Gasteiger partial charge in [0.05, 0.1) is 16.6 Å². The van der Waals surface area contributed by atoms with Crippen molar-refractivity contribution in [1.82, 2.24) is 14.5 Å². The van der Waals surface area contributed by atoms with E-state index in [0.717, 1.165) is 36.9 Å². The maximum Gasteiger partial charge on any atom is 0.416 e. The summed E-state index contributed by atoms with van der Waals surface area (Å²) < 4.78 is 51.9. The summed E-state index contributed by atoms with van der Waals surface area (Å²) in [5.41, 5.74) is 1.40. The second kappa shape index (κ2) is 10.9. The van der Waals surface area contributed by atoms with Crippen LogP contribution in [0.2, 0.25) is 0 Å². The molecule has 0 spiro atoms. The lowest BCUT2D eigenvalue weighted by atomic mass is 9.64. The van der Waals surface area contributed by atoms with Crippen molar-refractivity contribution in [2.45, 2.75) is 52.3 Å². The van der Waals surface area contributed by atoms with Crippen molar-refractivity contribution in [1.29, 1.82) is 0 Å². The molecule has 2 aromatic carbocycles. The summed E-state index contributed by atoms with van der Waals surface area (Å²) in [6, 6.07) is 13.4. The van der Waals surface area contributed by atoms with E-state index in [1.54, 1.807) is 35.9 Å². The number of pyridine rings is 1. The van der Waals surface area contributed by atoms with E-state index >= 15 is 0 Å². The number of amides is 1. The maximum absolute atomic E-state index is 12.9. The number of hydrogen-bond donors (Lipinski definition) is 2. The lowest BCUT2D eigenvalue weighted by molar-refractivity contribution is -0.137. The van der Waals surface area contributed by atoms with Gasteiger partial charge in [0.25, 0.3) is 0 Å². The zero-order valence-electron chi connectivity index (χ0n) is 23.2. The number of carbonyl (C=O) groups is 1. The van der Waals surface area contributed by atoms with Gasteiger partial charge in [-0.2, -0.15) is 13.2 Å². The number of hydrogen-bond acceptors (Lipinski definition) is 6. The number of nitrogens with zero attached hydrogens (tertiary/aromatic N) is 3. The molecule has 5 rings (SSSR count). The second-order valence-corrected chi connectivity index (χ2v) is 11.3. The minimum absolute atomic E-state index is 0.0954. The zero-order valence-corrected chi connectivity index (χ0v) is 23.2. The van der Waals surface area contributed by atoms with Gasteiger partial charge in [-0.05, 0) is 73.1 Å². The summed E-state index contributed by atoms with van der Waals surface area (Å²) in [4.78, 5) is 21.2. The highest BCUT2D eigenvalue weighted by Gasteiger charge is 2.42. The quantitative estimate of drug-likeness (QED) is 0.223. The van der Waals surface area contributed by atoms with Crippen molar-refractivity contribution in [3.05, 3.63) is 66.4 Å². The SMILES string of the molecule is CC(C)CC1(C)CC(OC(=O)Nc2cc(Oc3ccc4c(c3)nc(Nc3ccc(C(F)(F)F)cc3)n4C)ccn2)C1. The number of carbonyl (C=O) groups excluding carboxylic acids is 1. The van der Waals surface area contributed by atoms with Crippen LogP contribution < -0.4 is 15.4 Å². The van der Waals surface area contributed by atoms with Crippen LogP contribution in [0.4, 0.5) is 35.4 Å². The first-order valence-corrected chi connectivity index (χ1v) is 13.4. The van der Waals surface area contributed by atoms with Gasteiger partial charge in [-0.1, -0.05) is 20.8 Å². The number of halogens is 3. The highest BCUT2D eigenvalue weighted by molar-refractivity contribution is 5.84. The van der Waals surface area contributed by atoms with Gasteiger partial charge >= 0.3 is 12.3 Å². The molecule has 8 nitrogen and oxygen atoms in total. The average molecular weight is 568 g/mol. The van der Waals surface area contributed by atoms with Crippen LogP contribution in [0.1, 0.15) is 45.6 Å². The summed E-state index contributed by atoms with van der Waals surface area (Å²) in [7, 11) is 1.80. The normalized spacial score (nSPS) is 18.7. The van der Waals surface area contributed by atoms with E-state index in [4.69, 9.17) is 9.47 Å². The first-order chi connectivity index (χ1) is 19.4. The van der Waals surface area contributed by atoms with E-state index in [0.29, 0.717) is 40.4 Å². The minimum Gasteiger partial charge on any atom is -0.457 e. The number of nitrogens with one attached hydrogen (secondary N) is 2. The first kappa shape index (κ1) is 28.3. The van der Waals surface area contributed by atoms with Gasteiger partial charge < -0.3 is 19.4 Å². The number of imidazole rings is 1. The van der Waals surface area contributed by atoms with Gasteiger partial charge in [0.15, 0.2) is 0 Å². The van der Waals surface area contributed by atoms with Crippen molar-refractivity contribution in [3.63, 3.8) is 0 Å². The van der Waals surface area contributed by atoms with Crippen LogP contribution in [0.3, 0.4) is 0 Å². The number of benzene rings is 2. The molecule has 0 saturated heterocycles. The monoisotopic (exact) mass is 567 g/mol. The first-order valence-electron chi connectivity index (χ1n) is 13.4. The fourth-order valence-corrected chi connectivity index (χ4v) is 5.47. The Balaban J connectivity index is 1.21. The van der Waals surface area contributed by atoms with E-state index in [1.165, 1.54) is 18.3 Å². The molecule has 0 bridgehead atoms. The largest absolute Gasteiger partial charge is 0.457 e. The highest BCUT2D eigenvalue weighted by atomic mass is 19.4. The number of aryl methyl sites for hydroxylation is 1. The van der Waals surface area contributed by atoms with Crippen LogP contribution in [-0.4, -0.2) is 26.7 Å². The third-order valence-corrected chi connectivity index (χ3v) is 7.13. The van der Waals surface area contributed by atoms with Crippen molar-refractivity contribution < 1.29 is 27.4 Å². The number of rotatable bonds is 8. The lowest BCUT2D eigenvalue weighted by Gasteiger charge is -2.45. The number of fused-ring (bicyclic) bond motifs is 1. The molecule has 4 aromatic rings. The number of anilines is 3. The molecule has 41 heavy (non-hydrogen) atoms. The molecule has 1 aliphatic rings. The topological polar surface area (TPSA) is 90.3 Å². The maximum atomic E-state index is 12.9. The molecular weight excluding hydrogens is 535 g/mol. The van der Waals surface area contributed by atoms with Gasteiger partial charge in [0, 0.05) is 31.1 Å². The van der Waals surface area contributed by atoms with Crippen LogP contribution >= 0.6 is 0 Å². The molecule has 0 aliphatic heterocycles. The molecule has 2 N–H and O–H groups in total. The summed E-state index contributed by atoms with van der Waals surface area (Å²) >= 11 is 0. The average Bonchev–Trinajstić information content (AvgIpc) is 3.16. The van der Waals surface area contributed by atoms with E-state index < -0.39 is 17.8 Å². The Morgan fingerprint density at radius 2 is 1.80 bits per heavy atom. The van der Waals surface area contributed by atoms with E-state index in [-0.39, 0.29) is 11.5 Å². The Morgan fingerprint density at radius 3 is 2.49 bits per heavy atom. The molecule has 1 aliphatic carbocycles. The molecule has 11 heteroatoms. The summed E-state index contributed by atoms with van der Waals surface area (Å²) in [5.74, 6) is 2.34. The minimum atomic E-state index is -4.40. The molecule has 0 unspecified atom stereocenters. The van der Waals surface area contributed by atoms with Gasteiger partial charge in [0.2, 0.25) is 5.95 Å². The summed E-state index contributed by atoms with van der Waals surface area (Å²) in [6.07, 6.45) is -0.695. The molecule has 1 fully saturated rings. The Morgan fingerprint density at radius 1 is 1.10 bits per heavy atom. The molecule has 0 radical (unpaired) electrons. The fraction of sp³-hybridized carbons (Fsp3) is 0.367. The zero-order chi connectivity index (χ0) is 29.4. The van der Waals surface area contributed by atoms with Crippen LogP contribution in [0, 0.1) is 11.3 Å². The Bertz CT molecular complexity index is 1540. The third kappa shape index (κ3) is 6.72. The highest BCUT2D eigenvalue weighted by Crippen LogP contribution is 2.47. The molecule has 0 atom stereocenters. The molecule has 2 heterocycles. The van der Waals surface area contributed by atoms with Gasteiger partial charge in [-0.3, -0.25) is 5.32 Å². The van der Waals surface area contributed by atoms with E-state index in [1.807, 2.05) is 6.07 Å². The van der Waals surface area contributed by atoms with Gasteiger partial charge in [-0.25, -0.2) is 14.8 Å².